The summed E-state index contributed by atoms with van der Waals surface area (Å²) in [6.45, 7) is 4.87. The van der Waals surface area contributed by atoms with Crippen LogP contribution in [0, 0.1) is 0 Å². The van der Waals surface area contributed by atoms with E-state index in [-0.39, 0.29) is 18.3 Å². The van der Waals surface area contributed by atoms with Crippen molar-refractivity contribution in [1.29, 1.82) is 0 Å². The minimum Gasteiger partial charge on any atom is -0.508 e. The van der Waals surface area contributed by atoms with Crippen molar-refractivity contribution >= 4 is 34.4 Å². The van der Waals surface area contributed by atoms with E-state index in [1.807, 2.05) is 42.5 Å². The minimum absolute atomic E-state index is 0.0848. The van der Waals surface area contributed by atoms with E-state index in [2.05, 4.69) is 10.6 Å². The van der Waals surface area contributed by atoms with Crippen LogP contribution in [0.3, 0.4) is 0 Å². The van der Waals surface area contributed by atoms with Gasteiger partial charge in [-0.2, -0.15) is 0 Å². The summed E-state index contributed by atoms with van der Waals surface area (Å²) in [6.07, 6.45) is 1.67. The number of phenolic OH excluding ortho intramolecular Hbond substituents is 1. The highest BCUT2D eigenvalue weighted by atomic mass is 16.6. The molecule has 8 heteroatoms. The Bertz CT molecular complexity index is 1300. The molecule has 194 valence electrons. The molecule has 0 aromatic heterocycles. The highest BCUT2D eigenvalue weighted by molar-refractivity contribution is 6.00. The molecule has 3 aromatic rings. The lowest BCUT2D eigenvalue weighted by molar-refractivity contribution is -0.143. The summed E-state index contributed by atoms with van der Waals surface area (Å²) >= 11 is 0. The van der Waals surface area contributed by atoms with E-state index in [4.69, 9.17) is 4.74 Å². The van der Waals surface area contributed by atoms with Gasteiger partial charge in [-0.25, -0.2) is 4.79 Å². The molecule has 0 radical (unpaired) electrons. The van der Waals surface area contributed by atoms with E-state index in [0.717, 1.165) is 30.0 Å². The van der Waals surface area contributed by atoms with Crippen LogP contribution in [0.2, 0.25) is 0 Å². The van der Waals surface area contributed by atoms with Crippen molar-refractivity contribution in [2.24, 2.45) is 0 Å². The Morgan fingerprint density at radius 3 is 2.32 bits per heavy atom. The third kappa shape index (κ3) is 6.39. The lowest BCUT2D eigenvalue weighted by atomic mass is 9.88. The van der Waals surface area contributed by atoms with Crippen molar-refractivity contribution in [3.63, 3.8) is 0 Å². The van der Waals surface area contributed by atoms with Gasteiger partial charge in [0.05, 0.1) is 0 Å². The molecule has 37 heavy (non-hydrogen) atoms. The number of nitrogens with zero attached hydrogens (tertiary/aromatic N) is 1. The van der Waals surface area contributed by atoms with Gasteiger partial charge < -0.3 is 25.4 Å². The lowest BCUT2D eigenvalue weighted by Crippen LogP contribution is -2.53. The van der Waals surface area contributed by atoms with Crippen LogP contribution < -0.4 is 10.6 Å². The fourth-order valence-electron chi connectivity index (χ4n) is 4.39. The monoisotopic (exact) mass is 503 g/mol. The third-order valence-electron chi connectivity index (χ3n) is 6.31. The van der Waals surface area contributed by atoms with Crippen LogP contribution in [0.15, 0.2) is 66.7 Å². The zero-order valence-electron chi connectivity index (χ0n) is 21.4. The maximum Gasteiger partial charge on any atom is 0.408 e. The molecule has 1 unspecified atom stereocenters. The number of para-hydroxylation sites is 1. The first-order valence-electron chi connectivity index (χ1n) is 12.5. The van der Waals surface area contributed by atoms with Crippen molar-refractivity contribution in [2.45, 2.75) is 57.7 Å². The number of anilines is 1. The van der Waals surface area contributed by atoms with Crippen molar-refractivity contribution in [3.8, 4) is 5.75 Å². The van der Waals surface area contributed by atoms with Crippen LogP contribution in [-0.2, 0) is 14.3 Å². The molecule has 1 saturated carbocycles. The van der Waals surface area contributed by atoms with Crippen LogP contribution in [0.4, 0.5) is 10.5 Å². The first-order chi connectivity index (χ1) is 17.6. The number of benzene rings is 3. The predicted molar refractivity (Wildman–Crippen MR) is 142 cm³/mol. The molecule has 1 aliphatic rings. The van der Waals surface area contributed by atoms with Crippen molar-refractivity contribution < 1.29 is 24.2 Å². The van der Waals surface area contributed by atoms with Gasteiger partial charge in [0.2, 0.25) is 5.91 Å². The summed E-state index contributed by atoms with van der Waals surface area (Å²) in [4.78, 5) is 41.0. The van der Waals surface area contributed by atoms with Crippen molar-refractivity contribution in [1.82, 2.24) is 10.2 Å². The highest BCUT2D eigenvalue weighted by Gasteiger charge is 2.40. The number of aromatic hydroxyl groups is 1. The summed E-state index contributed by atoms with van der Waals surface area (Å²) in [5.41, 5.74) is 0.189. The number of ether oxygens (including phenoxy) is 1. The summed E-state index contributed by atoms with van der Waals surface area (Å²) < 4.78 is 5.25. The van der Waals surface area contributed by atoms with Gasteiger partial charge in [-0.05, 0) is 69.0 Å². The van der Waals surface area contributed by atoms with Crippen LogP contribution in [0.1, 0.15) is 51.6 Å². The Labute approximate surface area is 216 Å². The van der Waals surface area contributed by atoms with Gasteiger partial charge in [0.15, 0.2) is 0 Å². The Morgan fingerprint density at radius 2 is 1.68 bits per heavy atom. The second-order valence-electron chi connectivity index (χ2n) is 10.3. The summed E-state index contributed by atoms with van der Waals surface area (Å²) in [7, 11) is 0. The number of hydrogen-bond acceptors (Lipinski definition) is 5. The summed E-state index contributed by atoms with van der Waals surface area (Å²) in [6, 6.07) is 18.6. The average Bonchev–Trinajstić information content (AvgIpc) is 2.81. The van der Waals surface area contributed by atoms with Gasteiger partial charge in [0.1, 0.15) is 23.9 Å². The molecule has 0 aliphatic heterocycles. The fraction of sp³-hybridized carbons (Fsp3) is 0.345. The number of carbonyl (C=O) groups is 3. The zero-order valence-corrected chi connectivity index (χ0v) is 21.4. The fourth-order valence-corrected chi connectivity index (χ4v) is 4.39. The molecule has 0 bridgehead atoms. The molecule has 1 atom stereocenters. The Balaban J connectivity index is 1.63. The predicted octanol–water partition coefficient (Wildman–Crippen LogP) is 5.13. The SMILES string of the molecule is CC(C)(C)OC(=O)NCC(=O)N(C1CCC1)C(C(=O)Nc1ccc2ccccc2c1)c1ccccc1O. The van der Waals surface area contributed by atoms with E-state index in [1.165, 1.54) is 11.0 Å². The maximum atomic E-state index is 13.8. The highest BCUT2D eigenvalue weighted by Crippen LogP contribution is 2.36. The smallest absolute Gasteiger partial charge is 0.408 e. The molecule has 4 rings (SSSR count). The molecular formula is C29H33N3O5. The van der Waals surface area contributed by atoms with E-state index >= 15 is 0 Å². The first-order valence-corrected chi connectivity index (χ1v) is 12.5. The van der Waals surface area contributed by atoms with Crippen LogP contribution in [0.25, 0.3) is 10.8 Å². The molecule has 0 spiro atoms. The molecule has 0 saturated heterocycles. The van der Waals surface area contributed by atoms with E-state index < -0.39 is 29.6 Å². The largest absolute Gasteiger partial charge is 0.508 e. The topological polar surface area (TPSA) is 108 Å². The third-order valence-corrected chi connectivity index (χ3v) is 6.31. The van der Waals surface area contributed by atoms with Gasteiger partial charge >= 0.3 is 6.09 Å². The number of carbonyl (C=O) groups excluding carboxylic acids is 3. The van der Waals surface area contributed by atoms with Crippen molar-refractivity contribution in [3.05, 3.63) is 72.3 Å². The Hall–Kier alpha value is -4.07. The molecular weight excluding hydrogens is 470 g/mol. The van der Waals surface area contributed by atoms with Gasteiger partial charge in [0.25, 0.3) is 5.91 Å². The maximum absolute atomic E-state index is 13.8. The molecule has 3 aromatic carbocycles. The lowest BCUT2D eigenvalue weighted by Gasteiger charge is -2.42. The quantitative estimate of drug-likeness (QED) is 0.414. The number of fused-ring (bicyclic) bond motifs is 1. The molecule has 3 N–H and O–H groups in total. The first kappa shape index (κ1) is 26.0. The number of alkyl carbamates (subject to hydrolysis) is 1. The second-order valence-corrected chi connectivity index (χ2v) is 10.3. The number of rotatable bonds is 7. The number of amides is 3. The Kier molecular flexibility index (Phi) is 7.66. The number of phenols is 1. The minimum atomic E-state index is -1.09. The standard InChI is InChI=1S/C29H33N3O5/c1-29(2,3)37-28(36)30-18-25(34)32(22-11-8-12-22)26(23-13-6-7-14-24(23)33)27(35)31-21-16-15-19-9-4-5-10-20(19)17-21/h4-7,9-10,13-17,22,26,33H,8,11-12,18H2,1-3H3,(H,30,36)(H,31,35). The second kappa shape index (κ2) is 10.9. The van der Waals surface area contributed by atoms with Gasteiger partial charge in [-0.3, -0.25) is 9.59 Å². The molecule has 1 fully saturated rings. The van der Waals surface area contributed by atoms with E-state index in [1.54, 1.807) is 39.0 Å². The number of nitrogens with one attached hydrogen (secondary N) is 2. The van der Waals surface area contributed by atoms with Crippen LogP contribution in [0.5, 0.6) is 5.75 Å². The molecule has 0 heterocycles. The van der Waals surface area contributed by atoms with Gasteiger partial charge in [-0.15, -0.1) is 0 Å². The van der Waals surface area contributed by atoms with Crippen molar-refractivity contribution in [2.75, 3.05) is 11.9 Å². The van der Waals surface area contributed by atoms with Crippen LogP contribution >= 0.6 is 0 Å². The zero-order chi connectivity index (χ0) is 26.6. The molecule has 8 nitrogen and oxygen atoms in total. The average molecular weight is 504 g/mol. The molecule has 1 aliphatic carbocycles. The van der Waals surface area contributed by atoms with E-state index in [9.17, 15) is 19.5 Å². The van der Waals surface area contributed by atoms with Crippen LogP contribution in [-0.4, -0.2) is 46.1 Å². The normalized spacial score (nSPS) is 14.4. The Morgan fingerprint density at radius 1 is 1.00 bits per heavy atom. The molecule has 3 amide bonds. The summed E-state index contributed by atoms with van der Waals surface area (Å²) in [5.74, 6) is -0.967. The van der Waals surface area contributed by atoms with Gasteiger partial charge in [0, 0.05) is 17.3 Å². The summed E-state index contributed by atoms with van der Waals surface area (Å²) in [5, 5.41) is 18.1. The van der Waals surface area contributed by atoms with Gasteiger partial charge in [-0.1, -0.05) is 48.5 Å². The number of hydrogen-bond donors (Lipinski definition) is 3. The van der Waals surface area contributed by atoms with E-state index in [0.29, 0.717) is 11.3 Å².